The molecule has 0 radical (unpaired) electrons. The Morgan fingerprint density at radius 1 is 1.10 bits per heavy atom. The minimum absolute atomic E-state index is 0.0348. The number of aryl methyl sites for hydroxylation is 1. The predicted octanol–water partition coefficient (Wildman–Crippen LogP) is 4.84. The number of hydrogen-bond acceptors (Lipinski definition) is 5. The number of benzene rings is 2. The van der Waals surface area contributed by atoms with Crippen LogP contribution >= 0.6 is 11.8 Å². The highest BCUT2D eigenvalue weighted by Gasteiger charge is 2.21. The highest BCUT2D eigenvalue weighted by Crippen LogP contribution is 2.30. The molecule has 0 bridgehead atoms. The Bertz CT molecular complexity index is 1120. The number of para-hydroxylation sites is 1. The normalized spacial score (nSPS) is 13.3. The number of amides is 1. The lowest BCUT2D eigenvalue weighted by Crippen LogP contribution is -2.37. The second kappa shape index (κ2) is 9.17. The van der Waals surface area contributed by atoms with Crippen molar-refractivity contribution >= 4 is 28.6 Å². The van der Waals surface area contributed by atoms with Crippen molar-refractivity contribution in [1.29, 1.82) is 0 Å². The van der Waals surface area contributed by atoms with Gasteiger partial charge in [0.2, 0.25) is 5.91 Å². The molecule has 7 heteroatoms. The predicted molar refractivity (Wildman–Crippen MR) is 119 cm³/mol. The Kier molecular flexibility index (Phi) is 6.18. The zero-order valence-electron chi connectivity index (χ0n) is 17.0. The Balaban J connectivity index is 1.32. The molecule has 0 spiro atoms. The van der Waals surface area contributed by atoms with Gasteiger partial charge in [0.05, 0.1) is 10.8 Å². The number of nitrogens with zero attached hydrogens (tertiary/aromatic N) is 2. The standard InChI is InChI=1S/C23H24N4O2S/c1-15(12-13-17-8-4-3-5-9-17)25-21(28)16(2)30-23-27-26-22(29-23)19-14-24-20-11-7-6-10-18(19)20/h3-11,14-16,24H,12-13H2,1-2H3,(H,25,28)/t15-,16+/m0/s1. The number of thioether (sulfide) groups is 1. The van der Waals surface area contributed by atoms with Crippen molar-refractivity contribution in [3.8, 4) is 11.5 Å². The number of hydrogen-bond donors (Lipinski definition) is 2. The van der Waals surface area contributed by atoms with Crippen molar-refractivity contribution in [2.24, 2.45) is 0 Å². The van der Waals surface area contributed by atoms with Crippen molar-refractivity contribution < 1.29 is 9.21 Å². The molecule has 6 nitrogen and oxygen atoms in total. The van der Waals surface area contributed by atoms with Gasteiger partial charge >= 0.3 is 0 Å². The van der Waals surface area contributed by atoms with Crippen LogP contribution in [0.5, 0.6) is 0 Å². The molecular weight excluding hydrogens is 396 g/mol. The highest BCUT2D eigenvalue weighted by atomic mass is 32.2. The van der Waals surface area contributed by atoms with E-state index in [1.54, 1.807) is 0 Å². The zero-order chi connectivity index (χ0) is 20.9. The summed E-state index contributed by atoms with van der Waals surface area (Å²) in [7, 11) is 0. The van der Waals surface area contributed by atoms with Crippen LogP contribution in [0.4, 0.5) is 0 Å². The lowest BCUT2D eigenvalue weighted by molar-refractivity contribution is -0.120. The molecule has 154 valence electrons. The van der Waals surface area contributed by atoms with Crippen molar-refractivity contribution in [1.82, 2.24) is 20.5 Å². The molecule has 0 aliphatic carbocycles. The number of carbonyl (C=O) groups excluding carboxylic acids is 1. The lowest BCUT2D eigenvalue weighted by Gasteiger charge is -2.16. The van der Waals surface area contributed by atoms with E-state index in [9.17, 15) is 4.79 Å². The number of aromatic nitrogens is 3. The average Bonchev–Trinajstić information content (AvgIpc) is 3.39. The maximum absolute atomic E-state index is 12.6. The summed E-state index contributed by atoms with van der Waals surface area (Å²) in [6.07, 6.45) is 3.68. The second-order valence-electron chi connectivity index (χ2n) is 7.32. The van der Waals surface area contributed by atoms with Crippen LogP contribution in [0.15, 0.2) is 70.4 Å². The Morgan fingerprint density at radius 2 is 1.87 bits per heavy atom. The van der Waals surface area contributed by atoms with Crippen LogP contribution in [-0.2, 0) is 11.2 Å². The van der Waals surface area contributed by atoms with Gasteiger partial charge in [-0.05, 0) is 38.3 Å². The third-order valence-electron chi connectivity index (χ3n) is 4.97. The first-order chi connectivity index (χ1) is 14.6. The van der Waals surface area contributed by atoms with Crippen LogP contribution in [0.2, 0.25) is 0 Å². The van der Waals surface area contributed by atoms with E-state index in [-0.39, 0.29) is 17.2 Å². The molecule has 2 aromatic heterocycles. The van der Waals surface area contributed by atoms with E-state index in [0.717, 1.165) is 29.3 Å². The van der Waals surface area contributed by atoms with E-state index in [0.29, 0.717) is 11.1 Å². The minimum atomic E-state index is -0.333. The molecule has 2 aromatic carbocycles. The summed E-state index contributed by atoms with van der Waals surface area (Å²) in [5.74, 6) is 0.409. The Hall–Kier alpha value is -3.06. The summed E-state index contributed by atoms with van der Waals surface area (Å²) >= 11 is 1.27. The van der Waals surface area contributed by atoms with Gasteiger partial charge in [0.1, 0.15) is 0 Å². The summed E-state index contributed by atoms with van der Waals surface area (Å²) in [6, 6.07) is 18.3. The number of rotatable bonds is 8. The minimum Gasteiger partial charge on any atom is -0.411 e. The Labute approximate surface area is 179 Å². The topological polar surface area (TPSA) is 83.8 Å². The molecular formula is C23H24N4O2S. The third-order valence-corrected chi connectivity index (χ3v) is 5.90. The monoisotopic (exact) mass is 420 g/mol. The van der Waals surface area contributed by atoms with E-state index in [2.05, 4.69) is 32.6 Å². The van der Waals surface area contributed by atoms with E-state index in [4.69, 9.17) is 4.42 Å². The molecule has 30 heavy (non-hydrogen) atoms. The summed E-state index contributed by atoms with van der Waals surface area (Å²) < 4.78 is 5.81. The summed E-state index contributed by atoms with van der Waals surface area (Å²) in [4.78, 5) is 15.8. The first-order valence-electron chi connectivity index (χ1n) is 10.0. The summed E-state index contributed by atoms with van der Waals surface area (Å²) in [6.45, 7) is 3.87. The molecule has 0 saturated heterocycles. The molecule has 2 atom stereocenters. The Morgan fingerprint density at radius 3 is 2.70 bits per heavy atom. The fraction of sp³-hybridized carbons (Fsp3) is 0.261. The van der Waals surface area contributed by atoms with Crippen LogP contribution in [0.3, 0.4) is 0 Å². The molecule has 2 heterocycles. The first-order valence-corrected chi connectivity index (χ1v) is 10.9. The maximum atomic E-state index is 12.6. The molecule has 4 rings (SSSR count). The van der Waals surface area contributed by atoms with Gasteiger partial charge in [0.15, 0.2) is 0 Å². The van der Waals surface area contributed by atoms with Crippen LogP contribution in [0, 0.1) is 0 Å². The highest BCUT2D eigenvalue weighted by molar-refractivity contribution is 8.00. The van der Waals surface area contributed by atoms with E-state index < -0.39 is 0 Å². The maximum Gasteiger partial charge on any atom is 0.277 e. The van der Waals surface area contributed by atoms with E-state index >= 15 is 0 Å². The van der Waals surface area contributed by atoms with Gasteiger partial charge in [-0.2, -0.15) is 0 Å². The van der Waals surface area contributed by atoms with Crippen molar-refractivity contribution in [3.63, 3.8) is 0 Å². The van der Waals surface area contributed by atoms with Gasteiger partial charge in [0, 0.05) is 23.1 Å². The van der Waals surface area contributed by atoms with Gasteiger partial charge < -0.3 is 14.7 Å². The number of aromatic amines is 1. The van der Waals surface area contributed by atoms with Crippen molar-refractivity contribution in [3.05, 3.63) is 66.4 Å². The molecule has 0 aliphatic rings. The van der Waals surface area contributed by atoms with Crippen LogP contribution in [0.1, 0.15) is 25.8 Å². The van der Waals surface area contributed by atoms with E-state index in [1.807, 2.05) is 62.5 Å². The number of H-pyrrole nitrogens is 1. The van der Waals surface area contributed by atoms with Crippen LogP contribution in [-0.4, -0.2) is 32.4 Å². The molecule has 0 unspecified atom stereocenters. The van der Waals surface area contributed by atoms with Crippen LogP contribution in [0.25, 0.3) is 22.4 Å². The second-order valence-corrected chi connectivity index (χ2v) is 8.61. The largest absolute Gasteiger partial charge is 0.411 e. The molecule has 0 saturated carbocycles. The SMILES string of the molecule is C[C@@H](CCc1ccccc1)NC(=O)[C@@H](C)Sc1nnc(-c2c[nH]c3ccccc23)o1. The molecule has 4 aromatic rings. The summed E-state index contributed by atoms with van der Waals surface area (Å²) in [5.41, 5.74) is 3.14. The van der Waals surface area contributed by atoms with Gasteiger partial charge in [-0.1, -0.05) is 60.3 Å². The van der Waals surface area contributed by atoms with Crippen molar-refractivity contribution in [2.45, 2.75) is 43.2 Å². The fourth-order valence-electron chi connectivity index (χ4n) is 3.28. The average molecular weight is 421 g/mol. The molecule has 0 aliphatic heterocycles. The smallest absolute Gasteiger partial charge is 0.277 e. The molecule has 2 N–H and O–H groups in total. The van der Waals surface area contributed by atoms with E-state index in [1.165, 1.54) is 17.3 Å². The van der Waals surface area contributed by atoms with Crippen molar-refractivity contribution in [2.75, 3.05) is 0 Å². The van der Waals surface area contributed by atoms with Gasteiger partial charge in [-0.25, -0.2) is 0 Å². The lowest BCUT2D eigenvalue weighted by atomic mass is 10.1. The zero-order valence-corrected chi connectivity index (χ0v) is 17.8. The fourth-order valence-corrected chi connectivity index (χ4v) is 3.97. The van der Waals surface area contributed by atoms with Gasteiger partial charge in [-0.3, -0.25) is 4.79 Å². The molecule has 0 fully saturated rings. The number of carbonyl (C=O) groups is 1. The summed E-state index contributed by atoms with van der Waals surface area (Å²) in [5, 5.41) is 12.4. The van der Waals surface area contributed by atoms with Gasteiger partial charge in [0.25, 0.3) is 11.1 Å². The molecule has 1 amide bonds. The van der Waals surface area contributed by atoms with Crippen LogP contribution < -0.4 is 5.32 Å². The number of fused-ring (bicyclic) bond motifs is 1. The number of nitrogens with one attached hydrogen (secondary N) is 2. The third kappa shape index (κ3) is 4.74. The quantitative estimate of drug-likeness (QED) is 0.399. The van der Waals surface area contributed by atoms with Gasteiger partial charge in [-0.15, -0.1) is 10.2 Å². The first kappa shape index (κ1) is 20.2.